The molecule has 0 aliphatic rings. The predicted octanol–water partition coefficient (Wildman–Crippen LogP) is 2.16. The maximum absolute atomic E-state index is 2.40. The van der Waals surface area contributed by atoms with E-state index in [1.807, 2.05) is 0 Å². The summed E-state index contributed by atoms with van der Waals surface area (Å²) >= 11 is 0. The van der Waals surface area contributed by atoms with E-state index in [9.17, 15) is 0 Å². The summed E-state index contributed by atoms with van der Waals surface area (Å²) in [7, 11) is 4.31. The molecular weight excluding hydrogens is 172 g/mol. The molecule has 0 aromatic carbocycles. The molecule has 0 radical (unpaired) electrons. The molecule has 80 valence electrons. The Morgan fingerprint density at radius 2 is 2.14 bits per heavy atom. The standard InChI is InChI=1S/C12H22N2/c1-11(2)10-13(3)9-7-12-6-5-8-14(12)4/h5-6,8,11H,7,9-10H2,1-4H3. The summed E-state index contributed by atoms with van der Waals surface area (Å²) in [6.45, 7) is 6.86. The maximum atomic E-state index is 2.40. The Morgan fingerprint density at radius 1 is 1.43 bits per heavy atom. The molecule has 0 N–H and O–H groups in total. The zero-order valence-electron chi connectivity index (χ0n) is 9.83. The maximum Gasteiger partial charge on any atom is 0.0184 e. The van der Waals surface area contributed by atoms with Gasteiger partial charge in [-0.15, -0.1) is 0 Å². The van der Waals surface area contributed by atoms with Gasteiger partial charge in [0.15, 0.2) is 0 Å². The van der Waals surface area contributed by atoms with Crippen molar-refractivity contribution in [3.05, 3.63) is 24.0 Å². The van der Waals surface area contributed by atoms with Gasteiger partial charge in [0.25, 0.3) is 0 Å². The first kappa shape index (κ1) is 11.3. The van der Waals surface area contributed by atoms with Crippen molar-refractivity contribution in [3.8, 4) is 0 Å². The Hall–Kier alpha value is -0.760. The van der Waals surface area contributed by atoms with E-state index in [1.54, 1.807) is 0 Å². The van der Waals surface area contributed by atoms with Crippen LogP contribution in [0.15, 0.2) is 18.3 Å². The number of hydrogen-bond donors (Lipinski definition) is 0. The molecule has 2 heteroatoms. The number of hydrogen-bond acceptors (Lipinski definition) is 1. The van der Waals surface area contributed by atoms with E-state index < -0.39 is 0 Å². The van der Waals surface area contributed by atoms with Gasteiger partial charge in [-0.1, -0.05) is 13.8 Å². The highest BCUT2D eigenvalue weighted by Crippen LogP contribution is 2.02. The minimum Gasteiger partial charge on any atom is -0.354 e. The van der Waals surface area contributed by atoms with Gasteiger partial charge < -0.3 is 9.47 Å². The van der Waals surface area contributed by atoms with Crippen LogP contribution < -0.4 is 0 Å². The molecule has 2 nitrogen and oxygen atoms in total. The van der Waals surface area contributed by atoms with Crippen LogP contribution in [0.5, 0.6) is 0 Å². The number of likely N-dealkylation sites (N-methyl/N-ethyl adjacent to an activating group) is 1. The highest BCUT2D eigenvalue weighted by Gasteiger charge is 2.03. The van der Waals surface area contributed by atoms with E-state index >= 15 is 0 Å². The molecule has 0 spiro atoms. The van der Waals surface area contributed by atoms with Gasteiger partial charge in [0.05, 0.1) is 0 Å². The van der Waals surface area contributed by atoms with E-state index in [-0.39, 0.29) is 0 Å². The van der Waals surface area contributed by atoms with E-state index in [2.05, 4.69) is 55.7 Å². The Labute approximate surface area is 87.5 Å². The SMILES string of the molecule is CC(C)CN(C)CCc1cccn1C. The van der Waals surface area contributed by atoms with Gasteiger partial charge in [-0.25, -0.2) is 0 Å². The van der Waals surface area contributed by atoms with E-state index in [0.29, 0.717) is 0 Å². The van der Waals surface area contributed by atoms with E-state index in [0.717, 1.165) is 18.9 Å². The lowest BCUT2D eigenvalue weighted by atomic mass is 10.2. The average molecular weight is 194 g/mol. The van der Waals surface area contributed by atoms with Crippen molar-refractivity contribution in [1.29, 1.82) is 0 Å². The Bertz CT molecular complexity index is 263. The van der Waals surface area contributed by atoms with Crippen molar-refractivity contribution < 1.29 is 0 Å². The van der Waals surface area contributed by atoms with Gasteiger partial charge in [0.2, 0.25) is 0 Å². The van der Waals surface area contributed by atoms with Gasteiger partial charge in [-0.3, -0.25) is 0 Å². The van der Waals surface area contributed by atoms with Crippen LogP contribution in [0.3, 0.4) is 0 Å². The van der Waals surface area contributed by atoms with Crippen LogP contribution >= 0.6 is 0 Å². The van der Waals surface area contributed by atoms with Gasteiger partial charge in [-0.2, -0.15) is 0 Å². The fourth-order valence-corrected chi connectivity index (χ4v) is 1.78. The first-order valence-corrected chi connectivity index (χ1v) is 5.38. The van der Waals surface area contributed by atoms with E-state index in [4.69, 9.17) is 0 Å². The molecule has 0 amide bonds. The zero-order valence-corrected chi connectivity index (χ0v) is 9.83. The molecule has 1 aromatic heterocycles. The summed E-state index contributed by atoms with van der Waals surface area (Å²) in [4.78, 5) is 2.40. The molecule has 1 heterocycles. The van der Waals surface area contributed by atoms with Crippen molar-refractivity contribution in [1.82, 2.24) is 9.47 Å². The second-order valence-electron chi connectivity index (χ2n) is 4.52. The van der Waals surface area contributed by atoms with Crippen LogP contribution in [-0.4, -0.2) is 29.6 Å². The molecule has 1 aromatic rings. The molecule has 0 aliphatic carbocycles. The zero-order chi connectivity index (χ0) is 10.6. The Morgan fingerprint density at radius 3 is 2.64 bits per heavy atom. The smallest absolute Gasteiger partial charge is 0.0184 e. The third-order valence-electron chi connectivity index (χ3n) is 2.48. The summed E-state index contributed by atoms with van der Waals surface area (Å²) in [5, 5.41) is 0. The quantitative estimate of drug-likeness (QED) is 0.697. The first-order valence-electron chi connectivity index (χ1n) is 5.38. The molecule has 1 rings (SSSR count). The lowest BCUT2D eigenvalue weighted by molar-refractivity contribution is 0.297. The average Bonchev–Trinajstić information content (AvgIpc) is 2.46. The summed E-state index contributed by atoms with van der Waals surface area (Å²) in [5.41, 5.74) is 1.42. The molecular formula is C12H22N2. The summed E-state index contributed by atoms with van der Waals surface area (Å²) in [5.74, 6) is 0.758. The lowest BCUT2D eigenvalue weighted by Crippen LogP contribution is -2.25. The summed E-state index contributed by atoms with van der Waals surface area (Å²) < 4.78 is 2.20. The second-order valence-corrected chi connectivity index (χ2v) is 4.52. The summed E-state index contributed by atoms with van der Waals surface area (Å²) in [6.07, 6.45) is 3.25. The molecule has 0 atom stereocenters. The monoisotopic (exact) mass is 194 g/mol. The van der Waals surface area contributed by atoms with Crippen LogP contribution in [0, 0.1) is 5.92 Å². The number of nitrogens with zero attached hydrogens (tertiary/aromatic N) is 2. The third kappa shape index (κ3) is 3.54. The molecule has 14 heavy (non-hydrogen) atoms. The van der Waals surface area contributed by atoms with Crippen LogP contribution in [0.4, 0.5) is 0 Å². The molecule has 0 aliphatic heterocycles. The first-order chi connectivity index (χ1) is 6.59. The van der Waals surface area contributed by atoms with Gasteiger partial charge in [-0.05, 0) is 25.1 Å². The fourth-order valence-electron chi connectivity index (χ4n) is 1.78. The highest BCUT2D eigenvalue weighted by molar-refractivity contribution is 5.06. The molecule has 0 saturated heterocycles. The predicted molar refractivity (Wildman–Crippen MR) is 61.5 cm³/mol. The van der Waals surface area contributed by atoms with Crippen LogP contribution in [0.25, 0.3) is 0 Å². The van der Waals surface area contributed by atoms with Crippen molar-refractivity contribution in [2.75, 3.05) is 20.1 Å². The van der Waals surface area contributed by atoms with Crippen LogP contribution in [0.2, 0.25) is 0 Å². The lowest BCUT2D eigenvalue weighted by Gasteiger charge is -2.18. The summed E-state index contributed by atoms with van der Waals surface area (Å²) in [6, 6.07) is 4.31. The Kier molecular flexibility index (Phi) is 4.21. The van der Waals surface area contributed by atoms with Crippen molar-refractivity contribution >= 4 is 0 Å². The van der Waals surface area contributed by atoms with E-state index in [1.165, 1.54) is 12.2 Å². The fraction of sp³-hybridized carbons (Fsp3) is 0.667. The minimum atomic E-state index is 0.758. The molecule has 0 saturated carbocycles. The Balaban J connectivity index is 2.30. The van der Waals surface area contributed by atoms with Gasteiger partial charge >= 0.3 is 0 Å². The second kappa shape index (κ2) is 5.20. The minimum absolute atomic E-state index is 0.758. The number of rotatable bonds is 5. The number of aryl methyl sites for hydroxylation is 1. The molecule has 0 bridgehead atoms. The van der Waals surface area contributed by atoms with Gasteiger partial charge in [0, 0.05) is 38.4 Å². The van der Waals surface area contributed by atoms with Crippen LogP contribution in [-0.2, 0) is 13.5 Å². The van der Waals surface area contributed by atoms with Crippen molar-refractivity contribution in [2.24, 2.45) is 13.0 Å². The topological polar surface area (TPSA) is 8.17 Å². The normalized spacial score (nSPS) is 11.6. The third-order valence-corrected chi connectivity index (χ3v) is 2.48. The highest BCUT2D eigenvalue weighted by atomic mass is 15.1. The molecule has 0 unspecified atom stereocenters. The largest absolute Gasteiger partial charge is 0.354 e. The van der Waals surface area contributed by atoms with Crippen LogP contribution in [0.1, 0.15) is 19.5 Å². The van der Waals surface area contributed by atoms with Gasteiger partial charge in [0.1, 0.15) is 0 Å². The van der Waals surface area contributed by atoms with Crippen molar-refractivity contribution in [2.45, 2.75) is 20.3 Å². The van der Waals surface area contributed by atoms with Crippen molar-refractivity contribution in [3.63, 3.8) is 0 Å². The number of aromatic nitrogens is 1. The molecule has 0 fully saturated rings.